The van der Waals surface area contributed by atoms with Crippen molar-refractivity contribution >= 4 is 29.3 Å². The van der Waals surface area contributed by atoms with Crippen molar-refractivity contribution < 1.29 is 9.41 Å². The molecule has 4 rings (SSSR count). The number of anilines is 2. The number of halogens is 1. The molecule has 1 saturated heterocycles. The molecule has 1 aliphatic heterocycles. The normalized spacial score (nSPS) is 16.8. The molecule has 7 heteroatoms. The van der Waals surface area contributed by atoms with Crippen molar-refractivity contribution in [2.75, 3.05) is 30.8 Å². The van der Waals surface area contributed by atoms with Crippen LogP contribution >= 0.6 is 0 Å². The van der Waals surface area contributed by atoms with Crippen LogP contribution in [0.2, 0.25) is 6.82 Å². The largest absolute Gasteiger partial charge is 0.437 e. The van der Waals surface area contributed by atoms with E-state index >= 15 is 0 Å². The minimum absolute atomic E-state index is 0.230. The van der Waals surface area contributed by atoms with Gasteiger partial charge in [-0.2, -0.15) is 0 Å². The van der Waals surface area contributed by atoms with Gasteiger partial charge in [0.15, 0.2) is 0 Å². The van der Waals surface area contributed by atoms with E-state index in [0.717, 1.165) is 47.1 Å². The SMILES string of the molecule is CB(O)N(C)[C@@H]1CCN(c2cc(-c3c(C)cccc3F)cc3cnc(N)cc23)C1. The van der Waals surface area contributed by atoms with Gasteiger partial charge in [-0.25, -0.2) is 9.37 Å². The Kier molecular flexibility index (Phi) is 5.19. The van der Waals surface area contributed by atoms with E-state index < -0.39 is 7.05 Å². The molecule has 29 heavy (non-hydrogen) atoms. The van der Waals surface area contributed by atoms with Gasteiger partial charge in [-0.1, -0.05) is 12.1 Å². The molecule has 0 saturated carbocycles. The molecule has 3 aromatic rings. The van der Waals surface area contributed by atoms with Gasteiger partial charge in [0, 0.05) is 47.4 Å². The minimum Gasteiger partial charge on any atom is -0.437 e. The van der Waals surface area contributed by atoms with Crippen molar-refractivity contribution in [1.82, 2.24) is 9.79 Å². The lowest BCUT2D eigenvalue weighted by Crippen LogP contribution is -2.43. The second-order valence-electron chi connectivity index (χ2n) is 7.94. The number of nitrogens with two attached hydrogens (primary N) is 1. The van der Waals surface area contributed by atoms with Crippen LogP contribution in [0.25, 0.3) is 21.9 Å². The predicted molar refractivity (Wildman–Crippen MR) is 119 cm³/mol. The van der Waals surface area contributed by atoms with E-state index in [9.17, 15) is 9.41 Å². The maximum absolute atomic E-state index is 14.7. The van der Waals surface area contributed by atoms with Gasteiger partial charge in [0.05, 0.1) is 0 Å². The van der Waals surface area contributed by atoms with E-state index in [1.807, 2.05) is 37.0 Å². The Labute approximate surface area is 171 Å². The van der Waals surface area contributed by atoms with E-state index in [4.69, 9.17) is 5.73 Å². The summed E-state index contributed by atoms with van der Waals surface area (Å²) in [5, 5.41) is 11.9. The van der Waals surface area contributed by atoms with Crippen LogP contribution in [-0.4, -0.2) is 48.0 Å². The maximum Gasteiger partial charge on any atom is 0.376 e. The van der Waals surface area contributed by atoms with Crippen LogP contribution in [0.3, 0.4) is 0 Å². The van der Waals surface area contributed by atoms with Gasteiger partial charge in [-0.15, -0.1) is 0 Å². The fourth-order valence-corrected chi connectivity index (χ4v) is 4.25. The molecule has 0 amide bonds. The predicted octanol–water partition coefficient (Wildman–Crippen LogP) is 3.55. The molecule has 2 heterocycles. The molecule has 2 aromatic carbocycles. The van der Waals surface area contributed by atoms with E-state index in [2.05, 4.69) is 16.0 Å². The summed E-state index contributed by atoms with van der Waals surface area (Å²) in [5.74, 6) is 0.234. The van der Waals surface area contributed by atoms with Crippen molar-refractivity contribution in [3.05, 3.63) is 54.0 Å². The highest BCUT2D eigenvalue weighted by Gasteiger charge is 2.30. The van der Waals surface area contributed by atoms with Crippen molar-refractivity contribution in [3.8, 4) is 11.1 Å². The average molecular weight is 392 g/mol. The first-order valence-corrected chi connectivity index (χ1v) is 9.95. The number of pyridine rings is 1. The van der Waals surface area contributed by atoms with E-state index in [0.29, 0.717) is 11.4 Å². The third-order valence-corrected chi connectivity index (χ3v) is 6.02. The van der Waals surface area contributed by atoms with E-state index in [1.54, 1.807) is 19.1 Å². The maximum atomic E-state index is 14.7. The van der Waals surface area contributed by atoms with Crippen molar-refractivity contribution in [2.24, 2.45) is 0 Å². The lowest BCUT2D eigenvalue weighted by molar-refractivity contribution is 0.348. The minimum atomic E-state index is -0.496. The molecule has 1 fully saturated rings. The quantitative estimate of drug-likeness (QED) is 0.665. The van der Waals surface area contributed by atoms with Crippen LogP contribution in [0, 0.1) is 12.7 Å². The van der Waals surface area contributed by atoms with Gasteiger partial charge in [-0.3, -0.25) is 0 Å². The summed E-state index contributed by atoms with van der Waals surface area (Å²) in [6, 6.07) is 11.3. The Morgan fingerprint density at radius 3 is 2.83 bits per heavy atom. The van der Waals surface area contributed by atoms with Gasteiger partial charge in [0.2, 0.25) is 0 Å². The fraction of sp³-hybridized carbons (Fsp3) is 0.318. The summed E-state index contributed by atoms with van der Waals surface area (Å²) in [6.07, 6.45) is 2.70. The number of likely N-dealkylation sites (N-methyl/N-ethyl adjacent to an activating group) is 1. The van der Waals surface area contributed by atoms with Crippen molar-refractivity contribution in [1.29, 1.82) is 0 Å². The van der Waals surface area contributed by atoms with Gasteiger partial charge < -0.3 is 20.5 Å². The zero-order valence-corrected chi connectivity index (χ0v) is 17.1. The molecular weight excluding hydrogens is 366 g/mol. The number of nitrogens with zero attached hydrogens (tertiary/aromatic N) is 3. The Morgan fingerprint density at radius 2 is 2.10 bits per heavy atom. The van der Waals surface area contributed by atoms with Crippen LogP contribution in [0.15, 0.2) is 42.6 Å². The molecule has 1 aliphatic rings. The topological polar surface area (TPSA) is 65.6 Å². The van der Waals surface area contributed by atoms with Gasteiger partial charge >= 0.3 is 7.05 Å². The highest BCUT2D eigenvalue weighted by Crippen LogP contribution is 2.37. The Hall–Kier alpha value is -2.64. The molecule has 0 aliphatic carbocycles. The number of nitrogen functional groups attached to an aromatic ring is 1. The molecule has 3 N–H and O–H groups in total. The summed E-state index contributed by atoms with van der Waals surface area (Å²) in [7, 11) is 1.45. The Bertz CT molecular complexity index is 1040. The molecular formula is C22H26BFN4O. The highest BCUT2D eigenvalue weighted by atomic mass is 19.1. The van der Waals surface area contributed by atoms with E-state index in [-0.39, 0.29) is 11.9 Å². The van der Waals surface area contributed by atoms with Crippen LogP contribution < -0.4 is 10.6 Å². The molecule has 0 radical (unpaired) electrons. The third-order valence-electron chi connectivity index (χ3n) is 6.02. The molecule has 1 aromatic heterocycles. The summed E-state index contributed by atoms with van der Waals surface area (Å²) < 4.78 is 14.7. The van der Waals surface area contributed by atoms with Crippen LogP contribution in [0.4, 0.5) is 15.9 Å². The standard InChI is InChI=1S/C22H26BFN4O/c1-14-5-4-6-19(24)22(14)15-9-16-12-26-21(25)11-18(16)20(10-15)28-8-7-17(13-28)27(3)23(2)29/h4-6,9-12,17,29H,7-8,13H2,1-3H3,(H2,25,26)/t17-/m1/s1. The molecule has 5 nitrogen and oxygen atoms in total. The average Bonchev–Trinajstić information content (AvgIpc) is 3.16. The lowest BCUT2D eigenvalue weighted by Gasteiger charge is -2.27. The zero-order chi connectivity index (χ0) is 20.7. The van der Waals surface area contributed by atoms with Gasteiger partial charge in [0.1, 0.15) is 11.6 Å². The van der Waals surface area contributed by atoms with Crippen molar-refractivity contribution in [3.63, 3.8) is 0 Å². The second kappa shape index (κ2) is 7.65. The summed E-state index contributed by atoms with van der Waals surface area (Å²) in [4.78, 5) is 8.53. The highest BCUT2D eigenvalue weighted by molar-refractivity contribution is 6.45. The third kappa shape index (κ3) is 3.68. The Balaban J connectivity index is 1.83. The summed E-state index contributed by atoms with van der Waals surface area (Å²) >= 11 is 0. The first kappa shape index (κ1) is 19.7. The zero-order valence-electron chi connectivity index (χ0n) is 17.1. The van der Waals surface area contributed by atoms with Gasteiger partial charge in [-0.05, 0) is 62.6 Å². The second-order valence-corrected chi connectivity index (χ2v) is 7.94. The number of benzene rings is 2. The number of hydrogen-bond donors (Lipinski definition) is 2. The summed E-state index contributed by atoms with van der Waals surface area (Å²) in [6.45, 7) is 5.36. The van der Waals surface area contributed by atoms with Gasteiger partial charge in [0.25, 0.3) is 0 Å². The molecule has 0 bridgehead atoms. The number of rotatable bonds is 4. The van der Waals surface area contributed by atoms with E-state index in [1.165, 1.54) is 6.07 Å². The molecule has 0 unspecified atom stereocenters. The first-order chi connectivity index (χ1) is 13.8. The number of aromatic nitrogens is 1. The number of hydrogen-bond acceptors (Lipinski definition) is 5. The molecule has 1 atom stereocenters. The monoisotopic (exact) mass is 392 g/mol. The van der Waals surface area contributed by atoms with Crippen LogP contribution in [0.1, 0.15) is 12.0 Å². The Morgan fingerprint density at radius 1 is 1.31 bits per heavy atom. The van der Waals surface area contributed by atoms with Crippen LogP contribution in [-0.2, 0) is 0 Å². The molecule has 0 spiro atoms. The number of fused-ring (bicyclic) bond motifs is 1. The van der Waals surface area contributed by atoms with Crippen molar-refractivity contribution in [2.45, 2.75) is 26.2 Å². The van der Waals surface area contributed by atoms with Crippen LogP contribution in [0.5, 0.6) is 0 Å². The number of aryl methyl sites for hydroxylation is 1. The summed E-state index contributed by atoms with van der Waals surface area (Å²) in [5.41, 5.74) is 9.34. The lowest BCUT2D eigenvalue weighted by atomic mass is 9.84. The molecule has 150 valence electrons. The first-order valence-electron chi connectivity index (χ1n) is 9.95. The fourth-order valence-electron chi connectivity index (χ4n) is 4.25. The smallest absolute Gasteiger partial charge is 0.376 e.